The molecule has 0 spiro atoms. The Labute approximate surface area is 137 Å². The zero-order valence-corrected chi connectivity index (χ0v) is 14.1. The molecule has 0 bridgehead atoms. The summed E-state index contributed by atoms with van der Waals surface area (Å²) >= 11 is 0. The maximum Gasteiger partial charge on any atom is 0.234 e. The van der Waals surface area contributed by atoms with E-state index in [4.69, 9.17) is 4.74 Å². The first kappa shape index (κ1) is 16.0. The third-order valence-corrected chi connectivity index (χ3v) is 4.78. The highest BCUT2D eigenvalue weighted by Gasteiger charge is 2.29. The third kappa shape index (κ3) is 4.12. The van der Waals surface area contributed by atoms with Gasteiger partial charge in [0.1, 0.15) is 6.10 Å². The van der Waals surface area contributed by atoms with Gasteiger partial charge in [-0.1, -0.05) is 12.8 Å². The predicted octanol–water partition coefficient (Wildman–Crippen LogP) is 2.10. The SMILES string of the molecule is CN(C)c1cncc(O[C@@H]2CCN(C(=O)CC3CCCC3)C2)n1. The van der Waals surface area contributed by atoms with E-state index in [0.717, 1.165) is 18.8 Å². The number of amides is 1. The number of rotatable bonds is 5. The molecule has 1 atom stereocenters. The Morgan fingerprint density at radius 3 is 2.83 bits per heavy atom. The molecule has 1 amide bonds. The second kappa shape index (κ2) is 7.15. The monoisotopic (exact) mass is 318 g/mol. The summed E-state index contributed by atoms with van der Waals surface area (Å²) in [7, 11) is 3.85. The largest absolute Gasteiger partial charge is 0.471 e. The van der Waals surface area contributed by atoms with Crippen molar-refractivity contribution in [3.8, 4) is 5.88 Å². The Hall–Kier alpha value is -1.85. The second-order valence-corrected chi connectivity index (χ2v) is 6.83. The van der Waals surface area contributed by atoms with Crippen LogP contribution in [0.4, 0.5) is 5.82 Å². The van der Waals surface area contributed by atoms with E-state index in [1.165, 1.54) is 25.7 Å². The van der Waals surface area contributed by atoms with Crippen molar-refractivity contribution in [1.82, 2.24) is 14.9 Å². The molecule has 126 valence electrons. The Morgan fingerprint density at radius 1 is 1.30 bits per heavy atom. The van der Waals surface area contributed by atoms with Crippen molar-refractivity contribution in [2.75, 3.05) is 32.1 Å². The highest BCUT2D eigenvalue weighted by atomic mass is 16.5. The van der Waals surface area contributed by atoms with E-state index < -0.39 is 0 Å². The normalized spacial score (nSPS) is 21.7. The van der Waals surface area contributed by atoms with Crippen LogP contribution in [-0.4, -0.2) is 54.1 Å². The first-order valence-corrected chi connectivity index (χ1v) is 8.55. The molecule has 3 rings (SSSR count). The van der Waals surface area contributed by atoms with Gasteiger partial charge in [0.2, 0.25) is 11.8 Å². The van der Waals surface area contributed by atoms with Crippen LogP contribution in [0, 0.1) is 5.92 Å². The van der Waals surface area contributed by atoms with Crippen LogP contribution in [0.15, 0.2) is 12.4 Å². The highest BCUT2D eigenvalue weighted by molar-refractivity contribution is 5.76. The van der Waals surface area contributed by atoms with Crippen molar-refractivity contribution in [3.05, 3.63) is 12.4 Å². The number of anilines is 1. The number of likely N-dealkylation sites (tertiary alicyclic amines) is 1. The molecule has 6 heteroatoms. The Bertz CT molecular complexity index is 543. The van der Waals surface area contributed by atoms with Crippen LogP contribution in [0.25, 0.3) is 0 Å². The minimum atomic E-state index is 0.0224. The Kier molecular flexibility index (Phi) is 4.98. The third-order valence-electron chi connectivity index (χ3n) is 4.78. The zero-order chi connectivity index (χ0) is 16.2. The molecule has 6 nitrogen and oxygen atoms in total. The van der Waals surface area contributed by atoms with Crippen molar-refractivity contribution in [2.24, 2.45) is 5.92 Å². The molecule has 23 heavy (non-hydrogen) atoms. The standard InChI is InChI=1S/C17H26N4O2/c1-20(2)15-10-18-11-16(19-15)23-14-7-8-21(12-14)17(22)9-13-5-3-4-6-13/h10-11,13-14H,3-9,12H2,1-2H3/t14-/m1/s1. The van der Waals surface area contributed by atoms with Crippen LogP contribution in [0.2, 0.25) is 0 Å². The molecule has 0 aromatic carbocycles. The lowest BCUT2D eigenvalue weighted by Crippen LogP contribution is -2.32. The molecule has 0 radical (unpaired) electrons. The van der Waals surface area contributed by atoms with Gasteiger partial charge in [0, 0.05) is 33.5 Å². The lowest BCUT2D eigenvalue weighted by Gasteiger charge is -2.19. The predicted molar refractivity (Wildman–Crippen MR) is 88.5 cm³/mol. The van der Waals surface area contributed by atoms with Gasteiger partial charge in [-0.3, -0.25) is 9.78 Å². The summed E-state index contributed by atoms with van der Waals surface area (Å²) in [5.74, 6) is 2.20. The fourth-order valence-corrected chi connectivity index (χ4v) is 3.42. The smallest absolute Gasteiger partial charge is 0.234 e. The number of carbonyl (C=O) groups excluding carboxylic acids is 1. The molecule has 1 saturated carbocycles. The number of aromatic nitrogens is 2. The molecule has 2 heterocycles. The van der Waals surface area contributed by atoms with E-state index in [2.05, 4.69) is 9.97 Å². The fraction of sp³-hybridized carbons (Fsp3) is 0.706. The molecular weight excluding hydrogens is 292 g/mol. The molecule has 1 aromatic rings. The van der Waals surface area contributed by atoms with E-state index in [0.29, 0.717) is 24.8 Å². The molecule has 0 unspecified atom stereocenters. The van der Waals surface area contributed by atoms with Crippen LogP contribution >= 0.6 is 0 Å². The second-order valence-electron chi connectivity index (χ2n) is 6.83. The van der Waals surface area contributed by atoms with Gasteiger partial charge in [0.25, 0.3) is 0 Å². The van der Waals surface area contributed by atoms with Crippen LogP contribution in [-0.2, 0) is 4.79 Å². The maximum atomic E-state index is 12.4. The molecule has 1 aliphatic heterocycles. The Balaban J connectivity index is 1.51. The summed E-state index contributed by atoms with van der Waals surface area (Å²) in [6.45, 7) is 1.45. The van der Waals surface area contributed by atoms with Crippen molar-refractivity contribution in [3.63, 3.8) is 0 Å². The van der Waals surface area contributed by atoms with Crippen LogP contribution in [0.3, 0.4) is 0 Å². The first-order valence-electron chi connectivity index (χ1n) is 8.55. The quantitative estimate of drug-likeness (QED) is 0.832. The average molecular weight is 318 g/mol. The van der Waals surface area contributed by atoms with Crippen LogP contribution in [0.1, 0.15) is 38.5 Å². The fourth-order valence-electron chi connectivity index (χ4n) is 3.42. The van der Waals surface area contributed by atoms with E-state index in [1.807, 2.05) is 23.9 Å². The number of ether oxygens (including phenoxy) is 1. The summed E-state index contributed by atoms with van der Waals surface area (Å²) in [5, 5.41) is 0. The van der Waals surface area contributed by atoms with Crippen molar-refractivity contribution < 1.29 is 9.53 Å². The summed E-state index contributed by atoms with van der Waals surface area (Å²) in [5.41, 5.74) is 0. The summed E-state index contributed by atoms with van der Waals surface area (Å²) in [4.78, 5) is 24.8. The summed E-state index contributed by atoms with van der Waals surface area (Å²) in [6, 6.07) is 0. The molecule has 0 N–H and O–H groups in total. The number of carbonyl (C=O) groups is 1. The molecule has 1 saturated heterocycles. The minimum Gasteiger partial charge on any atom is -0.471 e. The lowest BCUT2D eigenvalue weighted by molar-refractivity contribution is -0.131. The molecule has 2 aliphatic rings. The number of hydrogen-bond acceptors (Lipinski definition) is 5. The highest BCUT2D eigenvalue weighted by Crippen LogP contribution is 2.29. The first-order chi connectivity index (χ1) is 11.1. The maximum absolute atomic E-state index is 12.4. The van der Waals surface area contributed by atoms with Gasteiger partial charge in [0.15, 0.2) is 5.82 Å². The van der Waals surface area contributed by atoms with Crippen LogP contribution < -0.4 is 9.64 Å². The van der Waals surface area contributed by atoms with Gasteiger partial charge >= 0.3 is 0 Å². The average Bonchev–Trinajstić information content (AvgIpc) is 3.19. The van der Waals surface area contributed by atoms with Crippen molar-refractivity contribution in [1.29, 1.82) is 0 Å². The molecule has 1 aromatic heterocycles. The molecule has 1 aliphatic carbocycles. The van der Waals surface area contributed by atoms with Crippen molar-refractivity contribution >= 4 is 11.7 Å². The summed E-state index contributed by atoms with van der Waals surface area (Å²) < 4.78 is 5.92. The molecular formula is C17H26N4O2. The number of hydrogen-bond donors (Lipinski definition) is 0. The van der Waals surface area contributed by atoms with Crippen molar-refractivity contribution in [2.45, 2.75) is 44.6 Å². The van der Waals surface area contributed by atoms with Gasteiger partial charge < -0.3 is 14.5 Å². The number of nitrogens with zero attached hydrogens (tertiary/aromatic N) is 4. The Morgan fingerprint density at radius 2 is 2.09 bits per heavy atom. The van der Waals surface area contributed by atoms with Gasteiger partial charge in [-0.15, -0.1) is 0 Å². The van der Waals surface area contributed by atoms with E-state index in [-0.39, 0.29) is 12.0 Å². The topological polar surface area (TPSA) is 58.6 Å². The van der Waals surface area contributed by atoms with Gasteiger partial charge in [0.05, 0.1) is 18.9 Å². The summed E-state index contributed by atoms with van der Waals surface area (Å²) in [6.07, 6.45) is 9.93. The van der Waals surface area contributed by atoms with Gasteiger partial charge in [-0.25, -0.2) is 0 Å². The van der Waals surface area contributed by atoms with E-state index in [1.54, 1.807) is 12.4 Å². The molecule has 2 fully saturated rings. The van der Waals surface area contributed by atoms with Gasteiger partial charge in [-0.2, -0.15) is 4.98 Å². The minimum absolute atomic E-state index is 0.0224. The van der Waals surface area contributed by atoms with Gasteiger partial charge in [-0.05, 0) is 18.8 Å². The van der Waals surface area contributed by atoms with E-state index >= 15 is 0 Å². The lowest BCUT2D eigenvalue weighted by atomic mass is 10.0. The zero-order valence-electron chi connectivity index (χ0n) is 14.1. The van der Waals surface area contributed by atoms with E-state index in [9.17, 15) is 4.79 Å². The van der Waals surface area contributed by atoms with Crippen LogP contribution in [0.5, 0.6) is 5.88 Å².